The Hall–Kier alpha value is -3.92. The summed E-state index contributed by atoms with van der Waals surface area (Å²) in [6, 6.07) is 11.2. The van der Waals surface area contributed by atoms with Gasteiger partial charge < -0.3 is 31.7 Å². The van der Waals surface area contributed by atoms with Crippen molar-refractivity contribution in [2.45, 2.75) is 43.8 Å². The van der Waals surface area contributed by atoms with Gasteiger partial charge in [0.1, 0.15) is 17.8 Å². The molecule has 7 N–H and O–H groups in total. The average Bonchev–Trinajstić information content (AvgIpc) is 2.77. The zero-order valence-electron chi connectivity index (χ0n) is 17.8. The third kappa shape index (κ3) is 8.62. The summed E-state index contributed by atoms with van der Waals surface area (Å²) in [5.41, 5.74) is 7.31. The number of hydrogen-bond acceptors (Lipinski definition) is 6. The predicted molar refractivity (Wildman–Crippen MR) is 118 cm³/mol. The highest BCUT2D eigenvalue weighted by Gasteiger charge is 2.28. The Labute approximate surface area is 190 Å². The molecule has 0 bridgehead atoms. The number of phenolic OH excluding ortho intramolecular Hbond substituents is 1. The largest absolute Gasteiger partial charge is 0.508 e. The fraction of sp³-hybridized carbons (Fsp3) is 0.304. The molecule has 33 heavy (non-hydrogen) atoms. The Balaban J connectivity index is 2.07. The first-order chi connectivity index (χ1) is 15.7. The molecule has 0 radical (unpaired) electrons. The topological polar surface area (TPSA) is 179 Å². The molecule has 2 aromatic carbocycles. The van der Waals surface area contributed by atoms with Gasteiger partial charge >= 0.3 is 11.9 Å². The van der Waals surface area contributed by atoms with Crippen LogP contribution in [0.25, 0.3) is 0 Å². The van der Waals surface area contributed by atoms with Crippen LogP contribution in [0.1, 0.15) is 24.0 Å². The van der Waals surface area contributed by atoms with Crippen molar-refractivity contribution in [2.75, 3.05) is 0 Å². The molecule has 0 fully saturated rings. The molecule has 0 spiro atoms. The minimum absolute atomic E-state index is 0.0120. The average molecular weight is 457 g/mol. The number of benzene rings is 2. The van der Waals surface area contributed by atoms with E-state index in [9.17, 15) is 29.4 Å². The van der Waals surface area contributed by atoms with Crippen LogP contribution in [0, 0.1) is 0 Å². The van der Waals surface area contributed by atoms with E-state index in [2.05, 4.69) is 10.6 Å². The highest BCUT2D eigenvalue weighted by Crippen LogP contribution is 2.12. The second kappa shape index (κ2) is 12.2. The summed E-state index contributed by atoms with van der Waals surface area (Å²) in [5.74, 6) is -3.95. The summed E-state index contributed by atoms with van der Waals surface area (Å²) in [7, 11) is 0. The van der Waals surface area contributed by atoms with Gasteiger partial charge in [0.25, 0.3) is 0 Å². The van der Waals surface area contributed by atoms with Gasteiger partial charge in [-0.3, -0.25) is 14.4 Å². The standard InChI is InChI=1S/C23H27N3O7/c24-17(12-14-4-2-1-3-5-14)21(30)25-18(10-11-20(28)29)22(31)26-19(23(32)33)13-15-6-8-16(27)9-7-15/h1-9,17-19,27H,10-13,24H2,(H,25,30)(H,26,31)(H,28,29)(H,32,33). The molecule has 2 aromatic rings. The third-order valence-corrected chi connectivity index (χ3v) is 4.91. The van der Waals surface area contributed by atoms with E-state index in [0.717, 1.165) is 5.56 Å². The Bertz CT molecular complexity index is 964. The molecule has 0 saturated heterocycles. The number of carbonyl (C=O) groups excluding carboxylic acids is 2. The van der Waals surface area contributed by atoms with Gasteiger partial charge in [-0.25, -0.2) is 4.79 Å². The summed E-state index contributed by atoms with van der Waals surface area (Å²) in [4.78, 5) is 48.0. The number of carbonyl (C=O) groups is 4. The molecular weight excluding hydrogens is 430 g/mol. The molecule has 0 aliphatic rings. The number of aromatic hydroxyl groups is 1. The van der Waals surface area contributed by atoms with Crippen molar-refractivity contribution in [1.82, 2.24) is 10.6 Å². The van der Waals surface area contributed by atoms with Crippen LogP contribution in [0.4, 0.5) is 0 Å². The van der Waals surface area contributed by atoms with Gasteiger partial charge in [-0.1, -0.05) is 42.5 Å². The summed E-state index contributed by atoms with van der Waals surface area (Å²) >= 11 is 0. The van der Waals surface area contributed by atoms with Gasteiger partial charge in [-0.15, -0.1) is 0 Å². The number of rotatable bonds is 12. The molecule has 0 heterocycles. The number of nitrogens with two attached hydrogens (primary N) is 1. The van der Waals surface area contributed by atoms with Crippen LogP contribution in [0.5, 0.6) is 5.75 Å². The number of nitrogens with one attached hydrogen (secondary N) is 2. The van der Waals surface area contributed by atoms with Gasteiger partial charge in [-0.2, -0.15) is 0 Å². The molecule has 176 valence electrons. The van der Waals surface area contributed by atoms with E-state index in [1.807, 2.05) is 6.07 Å². The lowest BCUT2D eigenvalue weighted by Gasteiger charge is -2.22. The van der Waals surface area contributed by atoms with E-state index >= 15 is 0 Å². The van der Waals surface area contributed by atoms with E-state index in [1.165, 1.54) is 24.3 Å². The Morgan fingerprint density at radius 1 is 0.788 bits per heavy atom. The van der Waals surface area contributed by atoms with E-state index in [0.29, 0.717) is 5.56 Å². The fourth-order valence-corrected chi connectivity index (χ4v) is 3.12. The highest BCUT2D eigenvalue weighted by molar-refractivity contribution is 5.92. The first-order valence-electron chi connectivity index (χ1n) is 10.3. The van der Waals surface area contributed by atoms with Crippen molar-refractivity contribution >= 4 is 23.8 Å². The number of amides is 2. The van der Waals surface area contributed by atoms with Gasteiger partial charge in [-0.05, 0) is 36.1 Å². The Morgan fingerprint density at radius 2 is 1.36 bits per heavy atom. The highest BCUT2D eigenvalue weighted by atomic mass is 16.4. The van der Waals surface area contributed by atoms with Crippen LogP contribution >= 0.6 is 0 Å². The maximum absolute atomic E-state index is 12.8. The maximum Gasteiger partial charge on any atom is 0.326 e. The lowest BCUT2D eigenvalue weighted by Crippen LogP contribution is -2.55. The zero-order valence-corrected chi connectivity index (χ0v) is 17.8. The summed E-state index contributed by atoms with van der Waals surface area (Å²) in [6.07, 6.45) is -0.522. The number of aliphatic carboxylic acids is 2. The second-order valence-corrected chi connectivity index (χ2v) is 7.56. The molecule has 0 saturated carbocycles. The Morgan fingerprint density at radius 3 is 1.94 bits per heavy atom. The van der Waals surface area contributed by atoms with Crippen molar-refractivity contribution in [1.29, 1.82) is 0 Å². The third-order valence-electron chi connectivity index (χ3n) is 4.91. The molecule has 3 unspecified atom stereocenters. The van der Waals surface area contributed by atoms with Gasteiger partial charge in [0, 0.05) is 12.8 Å². The van der Waals surface area contributed by atoms with Crippen LogP contribution in [0.3, 0.4) is 0 Å². The molecule has 10 nitrogen and oxygen atoms in total. The first-order valence-corrected chi connectivity index (χ1v) is 10.3. The van der Waals surface area contributed by atoms with Crippen LogP contribution in [-0.4, -0.2) is 57.2 Å². The van der Waals surface area contributed by atoms with Crippen molar-refractivity contribution < 1.29 is 34.5 Å². The quantitative estimate of drug-likeness (QED) is 0.265. The summed E-state index contributed by atoms with van der Waals surface area (Å²) in [5, 5.41) is 32.6. The lowest BCUT2D eigenvalue weighted by molar-refractivity contribution is -0.143. The predicted octanol–water partition coefficient (Wildman–Crippen LogP) is 0.424. The van der Waals surface area contributed by atoms with Gasteiger partial charge in [0.15, 0.2) is 0 Å². The van der Waals surface area contributed by atoms with Crippen LogP contribution in [0.2, 0.25) is 0 Å². The van der Waals surface area contributed by atoms with Crippen molar-refractivity contribution in [3.8, 4) is 5.75 Å². The van der Waals surface area contributed by atoms with E-state index in [-0.39, 0.29) is 25.0 Å². The number of hydrogen-bond donors (Lipinski definition) is 6. The lowest BCUT2D eigenvalue weighted by atomic mass is 10.0. The van der Waals surface area contributed by atoms with E-state index in [4.69, 9.17) is 10.8 Å². The molecule has 2 rings (SSSR count). The molecule has 0 aliphatic heterocycles. The van der Waals surface area contributed by atoms with Crippen molar-refractivity contribution in [3.05, 3.63) is 65.7 Å². The summed E-state index contributed by atoms with van der Waals surface area (Å²) in [6.45, 7) is 0. The molecule has 0 aromatic heterocycles. The second-order valence-electron chi connectivity index (χ2n) is 7.56. The van der Waals surface area contributed by atoms with Crippen molar-refractivity contribution in [3.63, 3.8) is 0 Å². The molecule has 0 aliphatic carbocycles. The fourth-order valence-electron chi connectivity index (χ4n) is 3.12. The van der Waals surface area contributed by atoms with Crippen molar-refractivity contribution in [2.24, 2.45) is 5.73 Å². The molecular formula is C23H27N3O7. The van der Waals surface area contributed by atoms with E-state index < -0.39 is 48.3 Å². The first kappa shape index (κ1) is 25.3. The number of phenols is 1. The monoisotopic (exact) mass is 457 g/mol. The maximum atomic E-state index is 12.8. The Kier molecular flexibility index (Phi) is 9.37. The molecule has 10 heteroatoms. The van der Waals surface area contributed by atoms with Crippen LogP contribution in [0.15, 0.2) is 54.6 Å². The van der Waals surface area contributed by atoms with Gasteiger partial charge in [0.2, 0.25) is 11.8 Å². The zero-order chi connectivity index (χ0) is 24.4. The van der Waals surface area contributed by atoms with Crippen LogP contribution in [-0.2, 0) is 32.0 Å². The number of carboxylic acids is 2. The smallest absolute Gasteiger partial charge is 0.326 e. The molecule has 2 amide bonds. The normalized spacial score (nSPS) is 13.4. The van der Waals surface area contributed by atoms with E-state index in [1.54, 1.807) is 24.3 Å². The number of carboxylic acid groups (broad SMARTS) is 2. The minimum atomic E-state index is -1.33. The summed E-state index contributed by atoms with van der Waals surface area (Å²) < 4.78 is 0. The van der Waals surface area contributed by atoms with Gasteiger partial charge in [0.05, 0.1) is 6.04 Å². The molecule has 3 atom stereocenters. The van der Waals surface area contributed by atoms with Crippen LogP contribution < -0.4 is 16.4 Å². The SMILES string of the molecule is NC(Cc1ccccc1)C(=O)NC(CCC(=O)O)C(=O)NC(Cc1ccc(O)cc1)C(=O)O. The minimum Gasteiger partial charge on any atom is -0.508 e.